The van der Waals surface area contributed by atoms with E-state index in [9.17, 15) is 9.59 Å². The Labute approximate surface area is 130 Å². The molecule has 5 nitrogen and oxygen atoms in total. The number of hydrogen-bond donors (Lipinski definition) is 2. The predicted molar refractivity (Wildman–Crippen MR) is 82.8 cm³/mol. The van der Waals surface area contributed by atoms with Gasteiger partial charge in [-0.15, -0.1) is 0 Å². The zero-order valence-electron chi connectivity index (χ0n) is 12.9. The third kappa shape index (κ3) is 3.65. The van der Waals surface area contributed by atoms with Crippen molar-refractivity contribution in [3.63, 3.8) is 0 Å². The van der Waals surface area contributed by atoms with Crippen molar-refractivity contribution in [3.8, 4) is 0 Å². The number of ether oxygens (including phenoxy) is 1. The van der Waals surface area contributed by atoms with Crippen LogP contribution in [0.5, 0.6) is 0 Å². The molecule has 0 bridgehead atoms. The predicted octanol–water partition coefficient (Wildman–Crippen LogP) is 2.02. The molecule has 1 saturated heterocycles. The molecule has 1 heterocycles. The van der Waals surface area contributed by atoms with Crippen LogP contribution in [-0.4, -0.2) is 36.7 Å². The molecule has 1 amide bonds. The average molecular weight is 305 g/mol. The van der Waals surface area contributed by atoms with E-state index in [1.807, 2.05) is 31.2 Å². The first-order valence-electron chi connectivity index (χ1n) is 7.70. The Balaban J connectivity index is 2.13. The van der Waals surface area contributed by atoms with Crippen molar-refractivity contribution in [3.05, 3.63) is 35.4 Å². The van der Waals surface area contributed by atoms with Gasteiger partial charge in [-0.2, -0.15) is 0 Å². The minimum atomic E-state index is -0.839. The lowest BCUT2D eigenvalue weighted by Crippen LogP contribution is -2.48. The minimum Gasteiger partial charge on any atom is -0.481 e. The van der Waals surface area contributed by atoms with E-state index in [0.29, 0.717) is 39.0 Å². The van der Waals surface area contributed by atoms with Gasteiger partial charge in [0.2, 0.25) is 5.91 Å². The van der Waals surface area contributed by atoms with Crippen LogP contribution in [0.2, 0.25) is 0 Å². The van der Waals surface area contributed by atoms with E-state index in [1.54, 1.807) is 0 Å². The molecule has 1 aromatic rings. The van der Waals surface area contributed by atoms with E-state index in [0.717, 1.165) is 11.1 Å². The van der Waals surface area contributed by atoms with Crippen molar-refractivity contribution in [2.24, 2.45) is 0 Å². The van der Waals surface area contributed by atoms with E-state index in [2.05, 4.69) is 5.32 Å². The van der Waals surface area contributed by atoms with Gasteiger partial charge >= 0.3 is 5.97 Å². The number of aliphatic carboxylic acids is 1. The van der Waals surface area contributed by atoms with E-state index in [1.165, 1.54) is 0 Å². The number of nitrogens with one attached hydrogen (secondary N) is 1. The SMILES string of the molecule is Cc1ccccc1C1(C(=O)NCCCC(=O)O)CCOCC1. The van der Waals surface area contributed by atoms with E-state index < -0.39 is 11.4 Å². The first-order chi connectivity index (χ1) is 10.6. The third-order valence-corrected chi connectivity index (χ3v) is 4.29. The first kappa shape index (κ1) is 16.5. The highest BCUT2D eigenvalue weighted by molar-refractivity contribution is 5.88. The van der Waals surface area contributed by atoms with Crippen molar-refractivity contribution in [1.82, 2.24) is 5.32 Å². The second kappa shape index (κ2) is 7.40. The number of amides is 1. The number of rotatable bonds is 6. The molecule has 1 fully saturated rings. The zero-order valence-corrected chi connectivity index (χ0v) is 12.9. The first-order valence-corrected chi connectivity index (χ1v) is 7.70. The minimum absolute atomic E-state index is 0.0181. The fraction of sp³-hybridized carbons (Fsp3) is 0.529. The Morgan fingerprint density at radius 3 is 2.59 bits per heavy atom. The van der Waals surface area contributed by atoms with Crippen LogP contribution in [0.15, 0.2) is 24.3 Å². The van der Waals surface area contributed by atoms with Crippen LogP contribution < -0.4 is 5.32 Å². The van der Waals surface area contributed by atoms with Crippen LogP contribution in [-0.2, 0) is 19.7 Å². The van der Waals surface area contributed by atoms with Gasteiger partial charge in [-0.3, -0.25) is 9.59 Å². The summed E-state index contributed by atoms with van der Waals surface area (Å²) in [4.78, 5) is 23.3. The van der Waals surface area contributed by atoms with E-state index in [4.69, 9.17) is 9.84 Å². The quantitative estimate of drug-likeness (QED) is 0.789. The molecule has 22 heavy (non-hydrogen) atoms. The van der Waals surface area contributed by atoms with Gasteiger partial charge in [0, 0.05) is 26.2 Å². The second-order valence-corrected chi connectivity index (χ2v) is 5.76. The van der Waals surface area contributed by atoms with Gasteiger partial charge in [-0.05, 0) is 37.3 Å². The summed E-state index contributed by atoms with van der Waals surface area (Å²) in [5.41, 5.74) is 1.59. The van der Waals surface area contributed by atoms with Crippen LogP contribution in [0.4, 0.5) is 0 Å². The largest absolute Gasteiger partial charge is 0.481 e. The van der Waals surface area contributed by atoms with Crippen LogP contribution in [0.3, 0.4) is 0 Å². The molecular weight excluding hydrogens is 282 g/mol. The molecule has 0 atom stereocenters. The number of benzene rings is 1. The maximum absolute atomic E-state index is 12.8. The summed E-state index contributed by atoms with van der Waals surface area (Å²) in [6.45, 7) is 3.54. The second-order valence-electron chi connectivity index (χ2n) is 5.76. The lowest BCUT2D eigenvalue weighted by atomic mass is 9.72. The summed E-state index contributed by atoms with van der Waals surface area (Å²) in [6.07, 6.45) is 1.83. The maximum Gasteiger partial charge on any atom is 0.303 e. The maximum atomic E-state index is 12.8. The van der Waals surface area contributed by atoms with Crippen molar-refractivity contribution in [2.45, 2.75) is 38.0 Å². The fourth-order valence-corrected chi connectivity index (χ4v) is 3.06. The lowest BCUT2D eigenvalue weighted by molar-refractivity contribution is -0.137. The van der Waals surface area contributed by atoms with Crippen LogP contribution in [0, 0.1) is 6.92 Å². The molecule has 5 heteroatoms. The van der Waals surface area contributed by atoms with Gasteiger partial charge in [-0.1, -0.05) is 24.3 Å². The molecular formula is C17H23NO4. The number of carbonyl (C=O) groups excluding carboxylic acids is 1. The molecule has 1 aliphatic rings. The molecule has 120 valence electrons. The zero-order chi connectivity index (χ0) is 16.0. The van der Waals surface area contributed by atoms with Gasteiger partial charge in [0.25, 0.3) is 0 Å². The van der Waals surface area contributed by atoms with Gasteiger partial charge in [0.05, 0.1) is 5.41 Å². The normalized spacial score (nSPS) is 17.0. The number of aryl methyl sites for hydroxylation is 1. The summed E-state index contributed by atoms with van der Waals surface area (Å²) < 4.78 is 5.44. The van der Waals surface area contributed by atoms with Crippen molar-refractivity contribution >= 4 is 11.9 Å². The van der Waals surface area contributed by atoms with Crippen molar-refractivity contribution in [2.75, 3.05) is 19.8 Å². The van der Waals surface area contributed by atoms with Crippen LogP contribution >= 0.6 is 0 Å². The highest BCUT2D eigenvalue weighted by atomic mass is 16.5. The summed E-state index contributed by atoms with van der Waals surface area (Å²) in [7, 11) is 0. The monoisotopic (exact) mass is 305 g/mol. The summed E-state index contributed by atoms with van der Waals surface area (Å²) in [5.74, 6) is -0.857. The lowest BCUT2D eigenvalue weighted by Gasteiger charge is -2.37. The van der Waals surface area contributed by atoms with Gasteiger partial charge < -0.3 is 15.2 Å². The number of carbonyl (C=O) groups is 2. The molecule has 1 aliphatic heterocycles. The summed E-state index contributed by atoms with van der Waals surface area (Å²) in [5, 5.41) is 11.6. The van der Waals surface area contributed by atoms with Crippen LogP contribution in [0.25, 0.3) is 0 Å². The molecule has 0 aromatic heterocycles. The number of carboxylic acids is 1. The molecule has 1 aromatic carbocycles. The Hall–Kier alpha value is -1.88. The Kier molecular flexibility index (Phi) is 5.55. The van der Waals surface area contributed by atoms with Crippen molar-refractivity contribution < 1.29 is 19.4 Å². The Bertz CT molecular complexity index is 535. The molecule has 2 N–H and O–H groups in total. The molecule has 0 radical (unpaired) electrons. The average Bonchev–Trinajstić information content (AvgIpc) is 2.52. The van der Waals surface area contributed by atoms with E-state index >= 15 is 0 Å². The molecule has 0 aliphatic carbocycles. The fourth-order valence-electron chi connectivity index (χ4n) is 3.06. The number of hydrogen-bond acceptors (Lipinski definition) is 3. The standard InChI is InChI=1S/C17H23NO4/c1-13-5-2-3-6-14(13)17(8-11-22-12-9-17)16(21)18-10-4-7-15(19)20/h2-3,5-6H,4,7-12H2,1H3,(H,18,21)(H,19,20). The van der Waals surface area contributed by atoms with Gasteiger partial charge in [0.1, 0.15) is 0 Å². The van der Waals surface area contributed by atoms with Gasteiger partial charge in [0.15, 0.2) is 0 Å². The van der Waals surface area contributed by atoms with E-state index in [-0.39, 0.29) is 12.3 Å². The molecule has 0 unspecified atom stereocenters. The third-order valence-electron chi connectivity index (χ3n) is 4.29. The molecule has 0 saturated carbocycles. The van der Waals surface area contributed by atoms with Crippen molar-refractivity contribution in [1.29, 1.82) is 0 Å². The molecule has 0 spiro atoms. The summed E-state index contributed by atoms with van der Waals surface area (Å²) >= 11 is 0. The van der Waals surface area contributed by atoms with Crippen LogP contribution in [0.1, 0.15) is 36.8 Å². The highest BCUT2D eigenvalue weighted by Crippen LogP contribution is 2.36. The smallest absolute Gasteiger partial charge is 0.303 e. The number of carboxylic acid groups (broad SMARTS) is 1. The van der Waals surface area contributed by atoms with Gasteiger partial charge in [-0.25, -0.2) is 0 Å². The highest BCUT2D eigenvalue weighted by Gasteiger charge is 2.42. The Morgan fingerprint density at radius 2 is 1.95 bits per heavy atom. The Morgan fingerprint density at radius 1 is 1.27 bits per heavy atom. The summed E-state index contributed by atoms with van der Waals surface area (Å²) in [6, 6.07) is 7.95. The molecule has 2 rings (SSSR count). The topological polar surface area (TPSA) is 75.6 Å².